The Bertz CT molecular complexity index is 1320. The number of hydrogen-bond acceptors (Lipinski definition) is 6. The molecule has 3 fully saturated rings. The van der Waals surface area contributed by atoms with E-state index in [2.05, 4.69) is 41.3 Å². The molecule has 2 aromatic rings. The van der Waals surface area contributed by atoms with Crippen LogP contribution >= 0.6 is 27.7 Å². The van der Waals surface area contributed by atoms with E-state index < -0.39 is 34.6 Å². The molecule has 2 amide bonds. The highest BCUT2D eigenvalue weighted by Gasteiger charge is 2.76. The van der Waals surface area contributed by atoms with Crippen molar-refractivity contribution in [2.75, 3.05) is 36.0 Å². The highest BCUT2D eigenvalue weighted by atomic mass is 79.9. The second kappa shape index (κ2) is 12.4. The molecule has 3 saturated heterocycles. The molecule has 2 bridgehead atoms. The summed E-state index contributed by atoms with van der Waals surface area (Å²) in [6.07, 6.45) is 2.49. The van der Waals surface area contributed by atoms with Gasteiger partial charge in [-0.3, -0.25) is 14.4 Å². The molecular weight excluding hydrogens is 618 g/mol. The minimum atomic E-state index is -1.02. The number of carboxylic acids is 1. The zero-order chi connectivity index (χ0) is 30.2. The number of amides is 2. The van der Waals surface area contributed by atoms with Crippen molar-refractivity contribution in [3.63, 3.8) is 0 Å². The Morgan fingerprint density at radius 3 is 2.36 bits per heavy atom. The van der Waals surface area contributed by atoms with Gasteiger partial charge in [-0.25, -0.2) is 0 Å². The van der Waals surface area contributed by atoms with Crippen molar-refractivity contribution in [3.05, 3.63) is 72.8 Å². The number of benzene rings is 2. The second-order valence-electron chi connectivity index (χ2n) is 11.2. The number of hydrogen-bond donors (Lipinski definition) is 2. The van der Waals surface area contributed by atoms with Gasteiger partial charge in [-0.05, 0) is 56.5 Å². The molecule has 3 aliphatic heterocycles. The van der Waals surface area contributed by atoms with E-state index in [1.165, 1.54) is 16.7 Å². The second-order valence-corrected chi connectivity index (χ2v) is 13.9. The lowest BCUT2D eigenvalue weighted by atomic mass is 9.71. The number of nitrogens with zero attached hydrogens (tertiary/aromatic N) is 3. The maximum atomic E-state index is 14.8. The number of aliphatic carboxylic acids is 1. The first-order chi connectivity index (χ1) is 20.2. The molecule has 7 atom stereocenters. The lowest BCUT2D eigenvalue weighted by Gasteiger charge is -2.40. The number of carbonyl (C=O) groups is 3. The summed E-state index contributed by atoms with van der Waals surface area (Å²) in [5.74, 6) is -3.44. The number of likely N-dealkylation sites (tertiary alicyclic amines) is 1. The molecule has 3 aliphatic rings. The maximum absolute atomic E-state index is 14.8. The molecule has 2 aromatic carbocycles. The number of anilines is 2. The van der Waals surface area contributed by atoms with Crippen LogP contribution in [0.2, 0.25) is 0 Å². The average molecular weight is 657 g/mol. The summed E-state index contributed by atoms with van der Waals surface area (Å²) < 4.78 is -0.930. The number of fused-ring (bicyclic) bond motifs is 1. The zero-order valence-electron chi connectivity index (χ0n) is 23.9. The molecule has 224 valence electrons. The molecule has 1 spiro atoms. The van der Waals surface area contributed by atoms with E-state index in [-0.39, 0.29) is 35.0 Å². The molecule has 2 N–H and O–H groups in total. The standard InChI is InChI=1S/C32H38BrN3O5S/c1-4-16-35(22-14-12-21(13-15-22)34(5-2)6-3)30(39)28-32-18-24(33)27(42-32)25(31(40)41)26(32)29(38)36(28)23(19-37)17-20-10-8-7-9-11-20/h4,7-15,23-28,37H,1,5-6,16-19H2,2-3H3,(H,40,41)/t23-,24?,25+,26+,27+,28?,32?/m1/s1. The first-order valence-electron chi connectivity index (χ1n) is 14.5. The third kappa shape index (κ3) is 5.05. The lowest BCUT2D eigenvalue weighted by molar-refractivity contribution is -0.149. The Hall–Kier alpha value is -2.82. The van der Waals surface area contributed by atoms with Gasteiger partial charge in [0.25, 0.3) is 5.91 Å². The van der Waals surface area contributed by atoms with Crippen LogP contribution in [0.3, 0.4) is 0 Å². The number of thioether (sulfide) groups is 1. The molecule has 0 radical (unpaired) electrons. The fourth-order valence-corrected chi connectivity index (χ4v) is 10.8. The smallest absolute Gasteiger partial charge is 0.308 e. The average Bonchev–Trinajstić information content (AvgIpc) is 3.59. The van der Waals surface area contributed by atoms with Crippen LogP contribution in [0.5, 0.6) is 0 Å². The summed E-state index contributed by atoms with van der Waals surface area (Å²) in [6.45, 7) is 9.66. The fraction of sp³-hybridized carbons (Fsp3) is 0.469. The number of alkyl halides is 1. The molecule has 5 rings (SSSR count). The SMILES string of the molecule is C=CCN(C(=O)C1N([C@@H](CO)Cc2ccccc2)C(=O)[C@@H]2[C@H](C(=O)O)[C@H]3SC12CC3Br)c1ccc(N(CC)CC)cc1. The van der Waals surface area contributed by atoms with Crippen LogP contribution in [0.15, 0.2) is 67.3 Å². The van der Waals surface area contributed by atoms with Gasteiger partial charge in [-0.15, -0.1) is 18.3 Å². The minimum absolute atomic E-state index is 0.147. The predicted octanol–water partition coefficient (Wildman–Crippen LogP) is 4.20. The van der Waals surface area contributed by atoms with E-state index in [4.69, 9.17) is 0 Å². The minimum Gasteiger partial charge on any atom is -0.481 e. The normalized spacial score (nSPS) is 28.4. The van der Waals surface area contributed by atoms with E-state index in [0.717, 1.165) is 24.3 Å². The molecule has 3 unspecified atom stereocenters. The fourth-order valence-electron chi connectivity index (χ4n) is 7.19. The molecule has 10 heteroatoms. The molecule has 3 heterocycles. The Morgan fingerprint density at radius 1 is 1.14 bits per heavy atom. The number of rotatable bonds is 12. The quantitative estimate of drug-likeness (QED) is 0.261. The molecule has 42 heavy (non-hydrogen) atoms. The van der Waals surface area contributed by atoms with Crippen molar-refractivity contribution in [1.82, 2.24) is 4.90 Å². The monoisotopic (exact) mass is 655 g/mol. The van der Waals surface area contributed by atoms with Crippen molar-refractivity contribution < 1.29 is 24.6 Å². The summed E-state index contributed by atoms with van der Waals surface area (Å²) in [5, 5.41) is 20.6. The van der Waals surface area contributed by atoms with E-state index in [1.807, 2.05) is 54.6 Å². The van der Waals surface area contributed by atoms with Gasteiger partial charge in [-0.2, -0.15) is 0 Å². The summed E-state index contributed by atoms with van der Waals surface area (Å²) >= 11 is 5.16. The van der Waals surface area contributed by atoms with E-state index in [1.54, 1.807) is 11.0 Å². The van der Waals surface area contributed by atoms with Gasteiger partial charge in [0.05, 0.1) is 29.2 Å². The summed E-state index contributed by atoms with van der Waals surface area (Å²) in [5.41, 5.74) is 2.64. The highest BCUT2D eigenvalue weighted by Crippen LogP contribution is 2.68. The predicted molar refractivity (Wildman–Crippen MR) is 170 cm³/mol. The Labute approximate surface area is 259 Å². The molecule has 8 nitrogen and oxygen atoms in total. The zero-order valence-corrected chi connectivity index (χ0v) is 26.3. The topological polar surface area (TPSA) is 101 Å². The number of aliphatic hydroxyl groups is 1. The van der Waals surface area contributed by atoms with Crippen molar-refractivity contribution in [1.29, 1.82) is 0 Å². The van der Waals surface area contributed by atoms with Crippen LogP contribution in [-0.4, -0.2) is 86.0 Å². The van der Waals surface area contributed by atoms with Crippen LogP contribution in [0.4, 0.5) is 11.4 Å². The third-order valence-electron chi connectivity index (χ3n) is 9.03. The molecule has 0 aromatic heterocycles. The molecule has 0 aliphatic carbocycles. The van der Waals surface area contributed by atoms with Gasteiger partial charge >= 0.3 is 5.97 Å². The first kappa shape index (κ1) is 30.6. The van der Waals surface area contributed by atoms with Gasteiger partial charge in [-0.1, -0.05) is 52.3 Å². The number of carbonyl (C=O) groups excluding carboxylic acids is 2. The maximum Gasteiger partial charge on any atom is 0.308 e. The van der Waals surface area contributed by atoms with E-state index in [0.29, 0.717) is 18.5 Å². The van der Waals surface area contributed by atoms with Crippen molar-refractivity contribution in [2.45, 2.75) is 53.6 Å². The van der Waals surface area contributed by atoms with Crippen molar-refractivity contribution >= 4 is 56.9 Å². The van der Waals surface area contributed by atoms with Crippen LogP contribution in [0, 0.1) is 11.8 Å². The van der Waals surface area contributed by atoms with Gasteiger partial charge in [0.2, 0.25) is 5.91 Å². The van der Waals surface area contributed by atoms with E-state index >= 15 is 0 Å². The largest absolute Gasteiger partial charge is 0.481 e. The third-order valence-corrected chi connectivity index (χ3v) is 12.3. The molecular formula is C32H38BrN3O5S. The van der Waals surface area contributed by atoms with Gasteiger partial charge in [0.1, 0.15) is 6.04 Å². The Morgan fingerprint density at radius 2 is 1.79 bits per heavy atom. The number of aliphatic hydroxyl groups excluding tert-OH is 1. The summed E-state index contributed by atoms with van der Waals surface area (Å²) in [4.78, 5) is 47.0. The Kier molecular flexibility index (Phi) is 9.06. The van der Waals surface area contributed by atoms with Crippen molar-refractivity contribution in [3.8, 4) is 0 Å². The number of carboxylic acid groups (broad SMARTS) is 1. The van der Waals surface area contributed by atoms with Crippen LogP contribution < -0.4 is 9.80 Å². The Balaban J connectivity index is 1.59. The van der Waals surface area contributed by atoms with Crippen molar-refractivity contribution in [2.24, 2.45) is 11.8 Å². The van der Waals surface area contributed by atoms with Crippen LogP contribution in [0.25, 0.3) is 0 Å². The molecule has 0 saturated carbocycles. The van der Waals surface area contributed by atoms with Gasteiger partial charge < -0.3 is 24.9 Å². The van der Waals surface area contributed by atoms with Crippen LogP contribution in [0.1, 0.15) is 25.8 Å². The summed E-state index contributed by atoms with van der Waals surface area (Å²) in [6, 6.07) is 15.7. The highest BCUT2D eigenvalue weighted by molar-refractivity contribution is 9.09. The lowest BCUT2D eigenvalue weighted by Crippen LogP contribution is -2.58. The summed E-state index contributed by atoms with van der Waals surface area (Å²) in [7, 11) is 0. The first-order valence-corrected chi connectivity index (χ1v) is 16.3. The number of halogens is 1. The van der Waals surface area contributed by atoms with E-state index in [9.17, 15) is 24.6 Å². The van der Waals surface area contributed by atoms with Gasteiger partial charge in [0.15, 0.2) is 0 Å². The van der Waals surface area contributed by atoms with Gasteiger partial charge in [0, 0.05) is 41.1 Å². The van der Waals surface area contributed by atoms with Crippen LogP contribution in [-0.2, 0) is 20.8 Å².